The summed E-state index contributed by atoms with van der Waals surface area (Å²) >= 11 is 0. The quantitative estimate of drug-likeness (QED) is 0.580. The second-order valence-electron chi connectivity index (χ2n) is 6.81. The predicted octanol–water partition coefficient (Wildman–Crippen LogP) is 3.66. The van der Waals surface area contributed by atoms with Crippen molar-refractivity contribution in [3.63, 3.8) is 0 Å². The van der Waals surface area contributed by atoms with E-state index < -0.39 is 0 Å². The summed E-state index contributed by atoms with van der Waals surface area (Å²) in [7, 11) is 4.20. The first-order valence-electron chi connectivity index (χ1n) is 8.87. The number of benzene rings is 2. The number of hydrogen-bond acceptors (Lipinski definition) is 3. The highest BCUT2D eigenvalue weighted by Crippen LogP contribution is 2.24. The molecule has 4 aromatic rings. The van der Waals surface area contributed by atoms with E-state index in [4.69, 9.17) is 0 Å². The van der Waals surface area contributed by atoms with Crippen molar-refractivity contribution in [2.45, 2.75) is 19.4 Å². The lowest BCUT2D eigenvalue weighted by Gasteiger charge is -2.17. The van der Waals surface area contributed by atoms with E-state index in [0.717, 1.165) is 19.4 Å². The number of anilines is 1. The normalized spacial score (nSPS) is 11.2. The zero-order chi connectivity index (χ0) is 17.9. The molecule has 2 aromatic carbocycles. The Labute approximate surface area is 153 Å². The maximum absolute atomic E-state index is 4.20. The van der Waals surface area contributed by atoms with Gasteiger partial charge in [0.05, 0.1) is 6.54 Å². The molecule has 1 N–H and O–H groups in total. The van der Waals surface area contributed by atoms with Gasteiger partial charge in [-0.1, -0.05) is 24.3 Å². The number of aromatic nitrogens is 4. The van der Waals surface area contributed by atoms with Crippen molar-refractivity contribution in [1.29, 1.82) is 0 Å². The summed E-state index contributed by atoms with van der Waals surface area (Å²) in [5.74, 6) is 0. The molecule has 0 aliphatic rings. The molecule has 2 heterocycles. The van der Waals surface area contributed by atoms with Gasteiger partial charge in [0.15, 0.2) is 0 Å². The Bertz CT molecular complexity index is 998. The summed E-state index contributed by atoms with van der Waals surface area (Å²) in [5.41, 5.74) is 6.44. The number of aromatic amines is 1. The highest BCUT2D eigenvalue weighted by atomic mass is 15.3. The van der Waals surface area contributed by atoms with Crippen LogP contribution in [0.1, 0.15) is 16.7 Å². The molecule has 132 valence electrons. The molecule has 5 nitrogen and oxygen atoms in total. The van der Waals surface area contributed by atoms with Crippen LogP contribution < -0.4 is 4.90 Å². The Balaban J connectivity index is 1.57. The summed E-state index contributed by atoms with van der Waals surface area (Å²) in [6, 6.07) is 15.2. The molecule has 0 saturated heterocycles. The lowest BCUT2D eigenvalue weighted by Crippen LogP contribution is -2.11. The van der Waals surface area contributed by atoms with Gasteiger partial charge in [-0.05, 0) is 47.7 Å². The van der Waals surface area contributed by atoms with Crippen LogP contribution in [0.3, 0.4) is 0 Å². The van der Waals surface area contributed by atoms with Crippen molar-refractivity contribution in [1.82, 2.24) is 19.7 Å². The van der Waals surface area contributed by atoms with Crippen molar-refractivity contribution < 1.29 is 0 Å². The van der Waals surface area contributed by atoms with Crippen molar-refractivity contribution in [3.05, 3.63) is 78.0 Å². The molecular weight excluding hydrogens is 322 g/mol. The fraction of sp³-hybridized carbons (Fsp3) is 0.238. The molecule has 0 unspecified atom stereocenters. The molecule has 5 heteroatoms. The first-order chi connectivity index (χ1) is 12.7. The highest BCUT2D eigenvalue weighted by molar-refractivity contribution is 5.84. The van der Waals surface area contributed by atoms with E-state index in [0.29, 0.717) is 0 Å². The Morgan fingerprint density at radius 2 is 1.88 bits per heavy atom. The molecule has 0 aliphatic heterocycles. The number of hydrogen-bond donors (Lipinski definition) is 1. The smallest absolute Gasteiger partial charge is 0.137 e. The van der Waals surface area contributed by atoms with Crippen LogP contribution >= 0.6 is 0 Å². The predicted molar refractivity (Wildman–Crippen MR) is 106 cm³/mol. The molecule has 4 rings (SSSR count). The summed E-state index contributed by atoms with van der Waals surface area (Å²) in [6.07, 6.45) is 7.50. The van der Waals surface area contributed by atoms with Crippen molar-refractivity contribution >= 4 is 16.6 Å². The minimum absolute atomic E-state index is 0.740. The maximum atomic E-state index is 4.20. The van der Waals surface area contributed by atoms with E-state index in [1.807, 2.05) is 4.68 Å². The third-order valence-corrected chi connectivity index (χ3v) is 4.78. The number of rotatable bonds is 6. The molecule has 26 heavy (non-hydrogen) atoms. The van der Waals surface area contributed by atoms with Crippen LogP contribution in [0, 0.1) is 0 Å². The molecule has 0 bridgehead atoms. The minimum Gasteiger partial charge on any atom is -0.377 e. The lowest BCUT2D eigenvalue weighted by atomic mass is 10.0. The number of para-hydroxylation sites is 1. The number of nitrogens with zero attached hydrogens (tertiary/aromatic N) is 4. The van der Waals surface area contributed by atoms with E-state index in [2.05, 4.69) is 82.7 Å². The van der Waals surface area contributed by atoms with Gasteiger partial charge >= 0.3 is 0 Å². The average molecular weight is 345 g/mol. The lowest BCUT2D eigenvalue weighted by molar-refractivity contribution is 0.685. The molecular formula is C21H23N5. The van der Waals surface area contributed by atoms with Gasteiger partial charge in [0.2, 0.25) is 0 Å². The third-order valence-electron chi connectivity index (χ3n) is 4.78. The van der Waals surface area contributed by atoms with Crippen LogP contribution in [0.25, 0.3) is 10.9 Å². The fourth-order valence-corrected chi connectivity index (χ4v) is 3.46. The van der Waals surface area contributed by atoms with Gasteiger partial charge in [0.1, 0.15) is 12.7 Å². The van der Waals surface area contributed by atoms with Gasteiger partial charge in [-0.3, -0.25) is 0 Å². The summed E-state index contributed by atoms with van der Waals surface area (Å²) in [5, 5.41) is 5.49. The first kappa shape index (κ1) is 16.4. The molecule has 2 aromatic heterocycles. The molecule has 0 amide bonds. The van der Waals surface area contributed by atoms with Gasteiger partial charge in [-0.25, -0.2) is 9.67 Å². The maximum Gasteiger partial charge on any atom is 0.137 e. The molecule has 0 atom stereocenters. The van der Waals surface area contributed by atoms with E-state index in [9.17, 15) is 0 Å². The van der Waals surface area contributed by atoms with Gasteiger partial charge in [0, 0.05) is 36.9 Å². The summed E-state index contributed by atoms with van der Waals surface area (Å²) in [4.78, 5) is 9.60. The summed E-state index contributed by atoms with van der Waals surface area (Å²) in [6.45, 7) is 0.740. The fourth-order valence-electron chi connectivity index (χ4n) is 3.46. The Morgan fingerprint density at radius 1 is 1.04 bits per heavy atom. The second-order valence-corrected chi connectivity index (χ2v) is 6.81. The number of nitrogens with one attached hydrogen (secondary N) is 1. The first-order valence-corrected chi connectivity index (χ1v) is 8.87. The standard InChI is InChI=1S/C21H23N5/c1-25(2)21-6-4-3-5-17(21)8-9-18-12-23-20-10-7-16(11-19(18)20)13-26-15-22-14-24-26/h3-7,10-12,14-15,23H,8-9,13H2,1-2H3. The second kappa shape index (κ2) is 7.04. The van der Waals surface area contributed by atoms with Gasteiger partial charge in [0.25, 0.3) is 0 Å². The van der Waals surface area contributed by atoms with Crippen molar-refractivity contribution in [2.75, 3.05) is 19.0 Å². The number of fused-ring (bicyclic) bond motifs is 1. The van der Waals surface area contributed by atoms with Crippen LogP contribution in [0.4, 0.5) is 5.69 Å². The third kappa shape index (κ3) is 3.33. The average Bonchev–Trinajstić information content (AvgIpc) is 3.30. The Kier molecular flexibility index (Phi) is 4.44. The van der Waals surface area contributed by atoms with Crippen LogP contribution in [0.15, 0.2) is 61.3 Å². The largest absolute Gasteiger partial charge is 0.377 e. The van der Waals surface area contributed by atoms with Crippen LogP contribution in [0.5, 0.6) is 0 Å². The SMILES string of the molecule is CN(C)c1ccccc1CCc1c[nH]c2ccc(Cn3cncn3)cc12. The van der Waals surface area contributed by atoms with E-state index >= 15 is 0 Å². The molecule has 0 fully saturated rings. The van der Waals surface area contributed by atoms with Crippen LogP contribution in [0.2, 0.25) is 0 Å². The van der Waals surface area contributed by atoms with Crippen molar-refractivity contribution in [3.8, 4) is 0 Å². The molecule has 0 aliphatic carbocycles. The molecule has 0 spiro atoms. The molecule has 0 radical (unpaired) electrons. The number of aryl methyl sites for hydroxylation is 2. The van der Waals surface area contributed by atoms with Crippen LogP contribution in [-0.4, -0.2) is 33.8 Å². The monoisotopic (exact) mass is 345 g/mol. The molecule has 0 saturated carbocycles. The number of H-pyrrole nitrogens is 1. The minimum atomic E-state index is 0.740. The Morgan fingerprint density at radius 3 is 2.69 bits per heavy atom. The zero-order valence-electron chi connectivity index (χ0n) is 15.2. The van der Waals surface area contributed by atoms with E-state index in [1.54, 1.807) is 12.7 Å². The van der Waals surface area contributed by atoms with Crippen LogP contribution in [-0.2, 0) is 19.4 Å². The topological polar surface area (TPSA) is 49.7 Å². The van der Waals surface area contributed by atoms with Gasteiger partial charge in [-0.2, -0.15) is 5.10 Å². The zero-order valence-corrected chi connectivity index (χ0v) is 15.2. The van der Waals surface area contributed by atoms with Crippen molar-refractivity contribution in [2.24, 2.45) is 0 Å². The van der Waals surface area contributed by atoms with Gasteiger partial charge < -0.3 is 9.88 Å². The van der Waals surface area contributed by atoms with Gasteiger partial charge in [-0.15, -0.1) is 0 Å². The van der Waals surface area contributed by atoms with E-state index in [1.165, 1.54) is 33.3 Å². The van der Waals surface area contributed by atoms with E-state index in [-0.39, 0.29) is 0 Å². The Hall–Kier alpha value is -3.08. The summed E-state index contributed by atoms with van der Waals surface area (Å²) < 4.78 is 1.85. The highest BCUT2D eigenvalue weighted by Gasteiger charge is 2.08.